The summed E-state index contributed by atoms with van der Waals surface area (Å²) < 4.78 is 19.8. The van der Waals surface area contributed by atoms with Crippen LogP contribution in [-0.4, -0.2) is 33.8 Å². The normalized spacial score (nSPS) is 29.6. The van der Waals surface area contributed by atoms with Gasteiger partial charge in [-0.25, -0.2) is 4.21 Å². The zero-order valence-electron chi connectivity index (χ0n) is 13.0. The first-order valence-electron chi connectivity index (χ1n) is 8.15. The summed E-state index contributed by atoms with van der Waals surface area (Å²) in [6, 6.07) is 0.176. The molecule has 124 valence electrons. The molecule has 0 bridgehead atoms. The van der Waals surface area contributed by atoms with E-state index >= 15 is 0 Å². The molecule has 22 heavy (non-hydrogen) atoms. The van der Waals surface area contributed by atoms with Crippen molar-refractivity contribution in [3.8, 4) is 0 Å². The molecule has 0 aromatic heterocycles. The van der Waals surface area contributed by atoms with Crippen molar-refractivity contribution in [2.75, 3.05) is 13.1 Å². The number of rotatable bonds is 3. The number of nitrogens with one attached hydrogen (secondary N) is 2. The summed E-state index contributed by atoms with van der Waals surface area (Å²) in [5, 5.41) is 7.93. The molecule has 3 N–H and O–H groups in total. The Morgan fingerprint density at radius 2 is 2.14 bits per heavy atom. The summed E-state index contributed by atoms with van der Waals surface area (Å²) >= 11 is -1.86. The molecule has 0 spiro atoms. The molecule has 1 aliphatic heterocycles. The lowest BCUT2D eigenvalue weighted by Crippen LogP contribution is -2.36. The Balaban J connectivity index is 1.87. The molecule has 2 rings (SSSR count). The van der Waals surface area contributed by atoms with Crippen molar-refractivity contribution < 1.29 is 13.6 Å². The summed E-state index contributed by atoms with van der Waals surface area (Å²) in [6.07, 6.45) is 9.18. The van der Waals surface area contributed by atoms with Crippen LogP contribution in [0.5, 0.6) is 0 Å². The lowest BCUT2D eigenvalue weighted by atomic mass is 10.0. The standard InChI is InChI=1S/C16H26N2O3S/c19-16(14-5-2-10-17-11-3-6-14)18-15-7-1-4-13(8-9-15)12-22(20)21/h5,12,15,17H,1-4,6-11H2,(H,18,19)(H,20,21)/b13-12-,14-5-. The third-order valence-corrected chi connectivity index (χ3v) is 4.81. The topological polar surface area (TPSA) is 78.4 Å². The van der Waals surface area contributed by atoms with Crippen LogP contribution in [0, 0.1) is 0 Å². The molecule has 1 amide bonds. The number of carbonyl (C=O) groups is 1. The van der Waals surface area contributed by atoms with E-state index in [1.54, 1.807) is 0 Å². The molecule has 5 nitrogen and oxygen atoms in total. The van der Waals surface area contributed by atoms with E-state index < -0.39 is 11.1 Å². The van der Waals surface area contributed by atoms with Gasteiger partial charge in [0, 0.05) is 17.0 Å². The molecule has 1 saturated carbocycles. The summed E-state index contributed by atoms with van der Waals surface area (Å²) in [5.74, 6) is 0.0741. The second kappa shape index (κ2) is 9.22. The fourth-order valence-electron chi connectivity index (χ4n) is 3.07. The van der Waals surface area contributed by atoms with Crippen molar-refractivity contribution in [3.05, 3.63) is 22.6 Å². The van der Waals surface area contributed by atoms with Crippen molar-refractivity contribution in [2.45, 2.75) is 57.4 Å². The number of allylic oxidation sites excluding steroid dienone is 1. The molecule has 2 unspecified atom stereocenters. The SMILES string of the molecule is O=C(NC1CCC/C(=C/S(=O)O)CC1)/C1=C\CCNCCC1. The first-order chi connectivity index (χ1) is 10.6. The van der Waals surface area contributed by atoms with Crippen LogP contribution in [-0.2, 0) is 15.9 Å². The zero-order chi connectivity index (χ0) is 15.8. The lowest BCUT2D eigenvalue weighted by molar-refractivity contribution is -0.118. The van der Waals surface area contributed by atoms with Gasteiger partial charge in [0.25, 0.3) is 0 Å². The molecule has 1 aliphatic carbocycles. The van der Waals surface area contributed by atoms with Gasteiger partial charge in [-0.1, -0.05) is 11.6 Å². The van der Waals surface area contributed by atoms with Crippen molar-refractivity contribution in [3.63, 3.8) is 0 Å². The van der Waals surface area contributed by atoms with Gasteiger partial charge in [0.1, 0.15) is 0 Å². The van der Waals surface area contributed by atoms with Crippen LogP contribution >= 0.6 is 0 Å². The summed E-state index contributed by atoms with van der Waals surface area (Å²) in [7, 11) is 0. The van der Waals surface area contributed by atoms with E-state index in [4.69, 9.17) is 4.55 Å². The van der Waals surface area contributed by atoms with Crippen molar-refractivity contribution in [1.82, 2.24) is 10.6 Å². The van der Waals surface area contributed by atoms with Crippen molar-refractivity contribution >= 4 is 17.0 Å². The monoisotopic (exact) mass is 326 g/mol. The van der Waals surface area contributed by atoms with Gasteiger partial charge in [0.05, 0.1) is 0 Å². The van der Waals surface area contributed by atoms with Gasteiger partial charge in [-0.3, -0.25) is 4.79 Å². The van der Waals surface area contributed by atoms with E-state index in [1.165, 1.54) is 5.41 Å². The largest absolute Gasteiger partial charge is 0.350 e. The van der Waals surface area contributed by atoms with Crippen LogP contribution in [0.25, 0.3) is 0 Å². The maximum absolute atomic E-state index is 12.4. The minimum atomic E-state index is -1.86. The van der Waals surface area contributed by atoms with E-state index in [0.717, 1.165) is 75.6 Å². The van der Waals surface area contributed by atoms with Crippen LogP contribution in [0.1, 0.15) is 51.4 Å². The highest BCUT2D eigenvalue weighted by atomic mass is 32.2. The van der Waals surface area contributed by atoms with Gasteiger partial charge in [-0.15, -0.1) is 0 Å². The molecular weight excluding hydrogens is 300 g/mol. The quantitative estimate of drug-likeness (QED) is 0.549. The maximum atomic E-state index is 12.4. The average Bonchev–Trinajstić information content (AvgIpc) is 2.63. The fourth-order valence-corrected chi connectivity index (χ4v) is 3.59. The van der Waals surface area contributed by atoms with Crippen LogP contribution in [0.15, 0.2) is 22.6 Å². The summed E-state index contributed by atoms with van der Waals surface area (Å²) in [4.78, 5) is 12.4. The first kappa shape index (κ1) is 17.4. The van der Waals surface area contributed by atoms with Crippen molar-refractivity contribution in [1.29, 1.82) is 0 Å². The summed E-state index contributed by atoms with van der Waals surface area (Å²) in [5.41, 5.74) is 1.95. The molecule has 2 atom stereocenters. The van der Waals surface area contributed by atoms with E-state index in [0.29, 0.717) is 0 Å². The number of amides is 1. The molecule has 1 heterocycles. The minimum Gasteiger partial charge on any atom is -0.350 e. The summed E-state index contributed by atoms with van der Waals surface area (Å²) in [6.45, 7) is 1.91. The van der Waals surface area contributed by atoms with Crippen molar-refractivity contribution in [2.24, 2.45) is 0 Å². The Kier molecular flexibility index (Phi) is 7.29. The van der Waals surface area contributed by atoms with Crippen LogP contribution in [0.3, 0.4) is 0 Å². The Labute approximate surface area is 134 Å². The van der Waals surface area contributed by atoms with Gasteiger partial charge in [0.2, 0.25) is 5.91 Å². The molecule has 0 aromatic carbocycles. The average molecular weight is 326 g/mol. The number of hydrogen-bond acceptors (Lipinski definition) is 3. The predicted molar refractivity (Wildman–Crippen MR) is 88.7 cm³/mol. The number of hydrogen-bond donors (Lipinski definition) is 3. The van der Waals surface area contributed by atoms with E-state index in [9.17, 15) is 9.00 Å². The molecule has 0 saturated heterocycles. The number of carbonyl (C=O) groups excluding carboxylic acids is 1. The van der Waals surface area contributed by atoms with E-state index in [1.807, 2.05) is 0 Å². The molecule has 0 radical (unpaired) electrons. The van der Waals surface area contributed by atoms with Gasteiger partial charge >= 0.3 is 0 Å². The van der Waals surface area contributed by atoms with Gasteiger partial charge in [0.15, 0.2) is 11.1 Å². The van der Waals surface area contributed by atoms with Crippen LogP contribution in [0.4, 0.5) is 0 Å². The molecular formula is C16H26N2O3S. The predicted octanol–water partition coefficient (Wildman–Crippen LogP) is 2.24. The Hall–Kier alpha value is -0.980. The highest BCUT2D eigenvalue weighted by Crippen LogP contribution is 2.23. The van der Waals surface area contributed by atoms with Gasteiger partial charge in [-0.2, -0.15) is 0 Å². The molecule has 2 aliphatic rings. The third kappa shape index (κ3) is 6.02. The van der Waals surface area contributed by atoms with E-state index in [-0.39, 0.29) is 11.9 Å². The van der Waals surface area contributed by atoms with Gasteiger partial charge in [-0.05, 0) is 64.5 Å². The zero-order valence-corrected chi connectivity index (χ0v) is 13.8. The maximum Gasteiger partial charge on any atom is 0.247 e. The fraction of sp³-hybridized carbons (Fsp3) is 0.688. The highest BCUT2D eigenvalue weighted by molar-refractivity contribution is 7.82. The molecule has 1 fully saturated rings. The van der Waals surface area contributed by atoms with Gasteiger partial charge < -0.3 is 15.2 Å². The van der Waals surface area contributed by atoms with Crippen LogP contribution < -0.4 is 10.6 Å². The van der Waals surface area contributed by atoms with E-state index in [2.05, 4.69) is 16.7 Å². The lowest BCUT2D eigenvalue weighted by Gasteiger charge is -2.18. The molecule has 6 heteroatoms. The highest BCUT2D eigenvalue weighted by Gasteiger charge is 2.19. The first-order valence-corrected chi connectivity index (χ1v) is 9.32. The second-order valence-electron chi connectivity index (χ2n) is 6.03. The Morgan fingerprint density at radius 3 is 2.95 bits per heavy atom. The smallest absolute Gasteiger partial charge is 0.247 e. The van der Waals surface area contributed by atoms with Crippen LogP contribution in [0.2, 0.25) is 0 Å². The molecule has 0 aromatic rings. The minimum absolute atomic E-state index is 0.0741. The Bertz CT molecular complexity index is 474. The third-order valence-electron chi connectivity index (χ3n) is 4.27. The Morgan fingerprint density at radius 1 is 1.27 bits per heavy atom. The second-order valence-corrected chi connectivity index (χ2v) is 6.81.